The highest BCUT2D eigenvalue weighted by Crippen LogP contribution is 2.34. The summed E-state index contributed by atoms with van der Waals surface area (Å²) in [5, 5.41) is 2.70. The number of carbonyl (C=O) groups is 4. The van der Waals surface area contributed by atoms with Gasteiger partial charge in [-0.15, -0.1) is 11.3 Å². The number of amides is 1. The van der Waals surface area contributed by atoms with Gasteiger partial charge in [0.25, 0.3) is 5.91 Å². The summed E-state index contributed by atoms with van der Waals surface area (Å²) in [5.74, 6) is -1.98. The molecule has 0 saturated carbocycles. The Morgan fingerprint density at radius 2 is 1.59 bits per heavy atom. The number of carbonyl (C=O) groups excluding carboxylic acids is 4. The molecule has 0 bridgehead atoms. The number of aromatic nitrogens is 2. The average Bonchev–Trinajstić information content (AvgIpc) is 3.37. The first-order chi connectivity index (χ1) is 17.6. The Bertz CT molecular complexity index is 1310. The molecular formula is C26H29N3O7S. The molecule has 11 heteroatoms. The van der Waals surface area contributed by atoms with Crippen molar-refractivity contribution >= 4 is 40.2 Å². The molecule has 2 aromatic heterocycles. The van der Waals surface area contributed by atoms with Crippen LogP contribution in [0.5, 0.6) is 0 Å². The van der Waals surface area contributed by atoms with Crippen molar-refractivity contribution in [2.45, 2.75) is 47.6 Å². The predicted molar refractivity (Wildman–Crippen MR) is 138 cm³/mol. The fraction of sp³-hybridized carbons (Fsp3) is 0.346. The number of thiophene rings is 1. The molecule has 0 aliphatic carbocycles. The third-order valence-corrected chi connectivity index (χ3v) is 6.69. The van der Waals surface area contributed by atoms with Crippen LogP contribution in [0.2, 0.25) is 0 Å². The van der Waals surface area contributed by atoms with Gasteiger partial charge in [0.05, 0.1) is 30.0 Å². The topological polar surface area (TPSA) is 137 Å². The summed E-state index contributed by atoms with van der Waals surface area (Å²) in [6, 6.07) is 6.64. The van der Waals surface area contributed by atoms with E-state index in [4.69, 9.17) is 14.2 Å². The van der Waals surface area contributed by atoms with Crippen molar-refractivity contribution < 1.29 is 33.4 Å². The molecule has 1 atom stereocenters. The van der Waals surface area contributed by atoms with Gasteiger partial charge in [-0.2, -0.15) is 0 Å². The average molecular weight is 528 g/mol. The molecule has 1 amide bonds. The fourth-order valence-corrected chi connectivity index (χ4v) is 4.48. The second kappa shape index (κ2) is 11.8. The molecule has 2 N–H and O–H groups in total. The van der Waals surface area contributed by atoms with Crippen LogP contribution in [0, 0.1) is 20.8 Å². The smallest absolute Gasteiger partial charge is 0.348 e. The maximum Gasteiger partial charge on any atom is 0.348 e. The summed E-state index contributed by atoms with van der Waals surface area (Å²) in [7, 11) is 0. The summed E-state index contributed by atoms with van der Waals surface area (Å²) < 4.78 is 15.5. The number of benzene rings is 1. The number of nitrogens with zero attached hydrogens (tertiary/aromatic N) is 1. The number of nitrogens with one attached hydrogen (secondary N) is 2. The molecule has 1 aromatic carbocycles. The summed E-state index contributed by atoms with van der Waals surface area (Å²) in [6.07, 6.45) is -1.19. The van der Waals surface area contributed by atoms with Gasteiger partial charge >= 0.3 is 17.9 Å². The number of imidazole rings is 1. The van der Waals surface area contributed by atoms with E-state index in [1.807, 2.05) is 13.8 Å². The predicted octanol–water partition coefficient (Wildman–Crippen LogP) is 4.60. The number of esters is 3. The lowest BCUT2D eigenvalue weighted by Gasteiger charge is -2.14. The molecule has 0 aliphatic heterocycles. The molecule has 196 valence electrons. The number of hydrogen-bond donors (Lipinski definition) is 2. The van der Waals surface area contributed by atoms with Crippen molar-refractivity contribution in [1.29, 1.82) is 0 Å². The molecule has 0 radical (unpaired) electrons. The monoisotopic (exact) mass is 527 g/mol. The number of aryl methyl sites for hydroxylation is 2. The van der Waals surface area contributed by atoms with Crippen LogP contribution in [-0.2, 0) is 19.0 Å². The molecule has 0 fully saturated rings. The SMILES string of the molecule is CCOC(=O)c1sc(NC(=O)C(C)OC(=O)c2ccc(-c3nc(C)c(C)[nH]3)cc2)c(C(=O)OCC)c1C. The van der Waals surface area contributed by atoms with Crippen LogP contribution >= 0.6 is 11.3 Å². The first kappa shape index (κ1) is 27.6. The van der Waals surface area contributed by atoms with Gasteiger partial charge < -0.3 is 24.5 Å². The number of ether oxygens (including phenoxy) is 3. The number of anilines is 1. The summed E-state index contributed by atoms with van der Waals surface area (Å²) in [5.41, 5.74) is 3.30. The van der Waals surface area contributed by atoms with Crippen molar-refractivity contribution in [3.05, 3.63) is 57.2 Å². The third kappa shape index (κ3) is 6.23. The zero-order valence-corrected chi connectivity index (χ0v) is 22.3. The standard InChI is InChI=1S/C26H29N3O7S/c1-7-34-25(32)19-13(3)20(26(33)35-8-2)37-23(19)29-22(30)16(6)36-24(31)18-11-9-17(10-12-18)21-27-14(4)15(5)28-21/h9-12,16H,7-8H2,1-6H3,(H,27,28)(H,29,30). The Labute approximate surface area is 218 Å². The normalized spacial score (nSPS) is 11.5. The van der Waals surface area contributed by atoms with Gasteiger partial charge in [0, 0.05) is 11.3 Å². The minimum atomic E-state index is -1.19. The highest BCUT2D eigenvalue weighted by Gasteiger charge is 2.29. The largest absolute Gasteiger partial charge is 0.462 e. The number of aromatic amines is 1. The zero-order valence-electron chi connectivity index (χ0n) is 21.5. The van der Waals surface area contributed by atoms with Gasteiger partial charge in [-0.25, -0.2) is 19.4 Å². The van der Waals surface area contributed by atoms with Crippen LogP contribution in [0.4, 0.5) is 5.00 Å². The van der Waals surface area contributed by atoms with Crippen molar-refractivity contribution in [3.63, 3.8) is 0 Å². The zero-order chi connectivity index (χ0) is 27.3. The second-order valence-electron chi connectivity index (χ2n) is 8.11. The molecule has 0 saturated heterocycles. The van der Waals surface area contributed by atoms with Gasteiger partial charge in [0.15, 0.2) is 6.10 Å². The van der Waals surface area contributed by atoms with Gasteiger partial charge in [0.2, 0.25) is 0 Å². The van der Waals surface area contributed by atoms with Crippen molar-refractivity contribution in [1.82, 2.24) is 9.97 Å². The molecule has 0 aliphatic rings. The second-order valence-corrected chi connectivity index (χ2v) is 9.13. The van der Waals surface area contributed by atoms with E-state index in [0.29, 0.717) is 11.4 Å². The molecular weight excluding hydrogens is 498 g/mol. The summed E-state index contributed by atoms with van der Waals surface area (Å²) in [6.45, 7) is 10.4. The van der Waals surface area contributed by atoms with Gasteiger partial charge in [-0.1, -0.05) is 12.1 Å². The highest BCUT2D eigenvalue weighted by molar-refractivity contribution is 7.18. The summed E-state index contributed by atoms with van der Waals surface area (Å²) in [4.78, 5) is 58.1. The van der Waals surface area contributed by atoms with Crippen molar-refractivity contribution in [2.24, 2.45) is 0 Å². The maximum atomic E-state index is 12.8. The van der Waals surface area contributed by atoms with Crippen LogP contribution in [0.3, 0.4) is 0 Å². The van der Waals surface area contributed by atoms with Gasteiger partial charge in [0.1, 0.15) is 15.7 Å². The lowest BCUT2D eigenvalue weighted by molar-refractivity contribution is -0.123. The van der Waals surface area contributed by atoms with Crippen molar-refractivity contribution in [3.8, 4) is 11.4 Å². The molecule has 2 heterocycles. The first-order valence-electron chi connectivity index (χ1n) is 11.7. The Morgan fingerprint density at radius 3 is 2.16 bits per heavy atom. The molecule has 1 unspecified atom stereocenters. The highest BCUT2D eigenvalue weighted by atomic mass is 32.1. The minimum absolute atomic E-state index is 0.0563. The van der Waals surface area contributed by atoms with E-state index >= 15 is 0 Å². The van der Waals surface area contributed by atoms with E-state index in [-0.39, 0.29) is 34.2 Å². The van der Waals surface area contributed by atoms with Crippen LogP contribution in [0.15, 0.2) is 24.3 Å². The molecule has 37 heavy (non-hydrogen) atoms. The quantitative estimate of drug-likeness (QED) is 0.304. The van der Waals surface area contributed by atoms with E-state index in [9.17, 15) is 19.2 Å². The lowest BCUT2D eigenvalue weighted by atomic mass is 10.1. The van der Waals surface area contributed by atoms with Crippen LogP contribution in [-0.4, -0.2) is 53.1 Å². The van der Waals surface area contributed by atoms with Crippen LogP contribution < -0.4 is 5.32 Å². The van der Waals surface area contributed by atoms with E-state index in [0.717, 1.165) is 28.3 Å². The Balaban J connectivity index is 1.73. The van der Waals surface area contributed by atoms with E-state index in [1.54, 1.807) is 45.0 Å². The van der Waals surface area contributed by atoms with E-state index < -0.39 is 29.9 Å². The lowest BCUT2D eigenvalue weighted by Crippen LogP contribution is -2.30. The maximum absolute atomic E-state index is 12.8. The number of H-pyrrole nitrogens is 1. The molecule has 3 rings (SSSR count). The number of hydrogen-bond acceptors (Lipinski definition) is 9. The molecule has 10 nitrogen and oxygen atoms in total. The van der Waals surface area contributed by atoms with E-state index in [1.165, 1.54) is 6.92 Å². The molecule has 0 spiro atoms. The Hall–Kier alpha value is -3.99. The van der Waals surface area contributed by atoms with Crippen LogP contribution in [0.1, 0.15) is 68.1 Å². The van der Waals surface area contributed by atoms with Crippen molar-refractivity contribution in [2.75, 3.05) is 18.5 Å². The van der Waals surface area contributed by atoms with Gasteiger partial charge in [-0.3, -0.25) is 4.79 Å². The Kier molecular flexibility index (Phi) is 8.82. The fourth-order valence-electron chi connectivity index (χ4n) is 3.39. The van der Waals surface area contributed by atoms with Crippen LogP contribution in [0.25, 0.3) is 11.4 Å². The first-order valence-corrected chi connectivity index (χ1v) is 12.5. The van der Waals surface area contributed by atoms with E-state index in [2.05, 4.69) is 15.3 Å². The third-order valence-electron chi connectivity index (χ3n) is 5.50. The van der Waals surface area contributed by atoms with Gasteiger partial charge in [-0.05, 0) is 59.2 Å². The molecule has 3 aromatic rings. The Morgan fingerprint density at radius 1 is 0.973 bits per heavy atom. The summed E-state index contributed by atoms with van der Waals surface area (Å²) >= 11 is 0.895. The number of rotatable bonds is 9. The minimum Gasteiger partial charge on any atom is -0.462 e.